The zero-order valence-electron chi connectivity index (χ0n) is 13.8. The second-order valence-electron chi connectivity index (χ2n) is 5.48. The SMILES string of the molecule is CCNc1nc(C(C)C)nc(N(C)C(C)COC)c1C. The molecule has 5 heteroatoms. The van der Waals surface area contributed by atoms with Gasteiger partial charge in [-0.15, -0.1) is 0 Å². The van der Waals surface area contributed by atoms with Crippen LogP contribution in [0.4, 0.5) is 11.6 Å². The first-order valence-electron chi connectivity index (χ1n) is 7.26. The van der Waals surface area contributed by atoms with Crippen molar-refractivity contribution in [2.24, 2.45) is 0 Å². The Balaban J connectivity index is 3.22. The minimum absolute atomic E-state index is 0.267. The van der Waals surface area contributed by atoms with E-state index in [9.17, 15) is 0 Å². The maximum atomic E-state index is 5.24. The van der Waals surface area contributed by atoms with Crippen molar-refractivity contribution >= 4 is 11.6 Å². The summed E-state index contributed by atoms with van der Waals surface area (Å²) in [7, 11) is 3.78. The molecular weight excluding hydrogens is 252 g/mol. The highest BCUT2D eigenvalue weighted by molar-refractivity contribution is 5.59. The standard InChI is InChI=1S/C15H28N4O/c1-8-16-14-12(5)15(18-13(17-14)10(2)3)19(6)11(4)9-20-7/h10-11H,8-9H2,1-7H3,(H,16,17,18). The van der Waals surface area contributed by atoms with Crippen LogP contribution >= 0.6 is 0 Å². The molecule has 114 valence electrons. The fourth-order valence-electron chi connectivity index (χ4n) is 2.02. The van der Waals surface area contributed by atoms with Crippen molar-refractivity contribution in [2.75, 3.05) is 37.5 Å². The molecule has 5 nitrogen and oxygen atoms in total. The lowest BCUT2D eigenvalue weighted by molar-refractivity contribution is 0.183. The summed E-state index contributed by atoms with van der Waals surface area (Å²) < 4.78 is 5.24. The van der Waals surface area contributed by atoms with Crippen molar-refractivity contribution in [3.63, 3.8) is 0 Å². The van der Waals surface area contributed by atoms with E-state index in [4.69, 9.17) is 9.72 Å². The van der Waals surface area contributed by atoms with E-state index < -0.39 is 0 Å². The van der Waals surface area contributed by atoms with Gasteiger partial charge in [0.1, 0.15) is 17.5 Å². The molecule has 0 bridgehead atoms. The Kier molecular flexibility index (Phi) is 6.20. The number of hydrogen-bond donors (Lipinski definition) is 1. The number of likely N-dealkylation sites (N-methyl/N-ethyl adjacent to an activating group) is 1. The molecule has 0 amide bonds. The van der Waals surface area contributed by atoms with E-state index in [1.165, 1.54) is 0 Å². The van der Waals surface area contributed by atoms with E-state index in [2.05, 4.69) is 56.9 Å². The molecule has 0 aromatic carbocycles. The van der Waals surface area contributed by atoms with Crippen molar-refractivity contribution in [2.45, 2.75) is 46.6 Å². The second-order valence-corrected chi connectivity index (χ2v) is 5.48. The molecule has 0 aliphatic heterocycles. The summed E-state index contributed by atoms with van der Waals surface area (Å²) in [6.07, 6.45) is 0. The van der Waals surface area contributed by atoms with Crippen LogP contribution in [0, 0.1) is 6.92 Å². The number of ether oxygens (including phenoxy) is 1. The molecular formula is C15H28N4O. The summed E-state index contributed by atoms with van der Waals surface area (Å²) in [6.45, 7) is 12.0. The number of nitrogens with zero attached hydrogens (tertiary/aromatic N) is 3. The Bertz CT molecular complexity index is 434. The van der Waals surface area contributed by atoms with Gasteiger partial charge in [0.2, 0.25) is 0 Å². The molecule has 1 N–H and O–H groups in total. The van der Waals surface area contributed by atoms with Gasteiger partial charge in [0, 0.05) is 32.2 Å². The highest BCUT2D eigenvalue weighted by Crippen LogP contribution is 2.26. The van der Waals surface area contributed by atoms with E-state index in [0.29, 0.717) is 12.5 Å². The van der Waals surface area contributed by atoms with Gasteiger partial charge in [0.15, 0.2) is 0 Å². The lowest BCUT2D eigenvalue weighted by Crippen LogP contribution is -2.34. The molecule has 1 rings (SSSR count). The van der Waals surface area contributed by atoms with Gasteiger partial charge < -0.3 is 15.0 Å². The Morgan fingerprint density at radius 1 is 1.25 bits per heavy atom. The van der Waals surface area contributed by atoms with Crippen LogP contribution in [0.25, 0.3) is 0 Å². The molecule has 0 fully saturated rings. The largest absolute Gasteiger partial charge is 0.383 e. The summed E-state index contributed by atoms with van der Waals surface area (Å²) in [6, 6.07) is 0.267. The molecule has 0 saturated heterocycles. The van der Waals surface area contributed by atoms with Crippen molar-refractivity contribution in [3.8, 4) is 0 Å². The highest BCUT2D eigenvalue weighted by Gasteiger charge is 2.18. The number of aromatic nitrogens is 2. The summed E-state index contributed by atoms with van der Waals surface area (Å²) in [5.74, 6) is 3.08. The number of hydrogen-bond acceptors (Lipinski definition) is 5. The van der Waals surface area contributed by atoms with E-state index in [1.807, 2.05) is 0 Å². The average molecular weight is 280 g/mol. The molecule has 1 heterocycles. The average Bonchev–Trinajstić information content (AvgIpc) is 2.40. The number of nitrogens with one attached hydrogen (secondary N) is 1. The van der Waals surface area contributed by atoms with Crippen molar-refractivity contribution in [1.82, 2.24) is 9.97 Å². The van der Waals surface area contributed by atoms with E-state index in [0.717, 1.165) is 29.6 Å². The van der Waals surface area contributed by atoms with Crippen molar-refractivity contribution in [1.29, 1.82) is 0 Å². The fraction of sp³-hybridized carbons (Fsp3) is 0.733. The maximum Gasteiger partial charge on any atom is 0.137 e. The van der Waals surface area contributed by atoms with Crippen LogP contribution in [0.3, 0.4) is 0 Å². The maximum absolute atomic E-state index is 5.24. The third-order valence-corrected chi connectivity index (χ3v) is 3.40. The van der Waals surface area contributed by atoms with Crippen LogP contribution in [0.15, 0.2) is 0 Å². The first-order chi connectivity index (χ1) is 9.42. The Labute approximate surface area is 122 Å². The Hall–Kier alpha value is -1.36. The van der Waals surface area contributed by atoms with Crippen molar-refractivity contribution < 1.29 is 4.74 Å². The smallest absolute Gasteiger partial charge is 0.137 e. The third kappa shape index (κ3) is 3.82. The van der Waals surface area contributed by atoms with E-state index in [-0.39, 0.29) is 6.04 Å². The van der Waals surface area contributed by atoms with Crippen LogP contribution in [-0.4, -0.2) is 43.3 Å². The monoisotopic (exact) mass is 280 g/mol. The predicted molar refractivity (Wildman–Crippen MR) is 84.8 cm³/mol. The number of methoxy groups -OCH3 is 1. The van der Waals surface area contributed by atoms with Gasteiger partial charge in [0.05, 0.1) is 12.6 Å². The highest BCUT2D eigenvalue weighted by atomic mass is 16.5. The van der Waals surface area contributed by atoms with Gasteiger partial charge in [0.25, 0.3) is 0 Å². The summed E-state index contributed by atoms with van der Waals surface area (Å²) in [4.78, 5) is 11.5. The van der Waals surface area contributed by atoms with Gasteiger partial charge in [-0.1, -0.05) is 13.8 Å². The van der Waals surface area contributed by atoms with Gasteiger partial charge in [-0.25, -0.2) is 9.97 Å². The third-order valence-electron chi connectivity index (χ3n) is 3.40. The van der Waals surface area contributed by atoms with Crippen LogP contribution < -0.4 is 10.2 Å². The van der Waals surface area contributed by atoms with Crippen LogP contribution in [0.5, 0.6) is 0 Å². The molecule has 0 radical (unpaired) electrons. The van der Waals surface area contributed by atoms with Gasteiger partial charge in [-0.05, 0) is 20.8 Å². The molecule has 0 spiro atoms. The molecule has 1 atom stereocenters. The Morgan fingerprint density at radius 2 is 1.90 bits per heavy atom. The van der Waals surface area contributed by atoms with Crippen LogP contribution in [0.2, 0.25) is 0 Å². The summed E-state index contributed by atoms with van der Waals surface area (Å²) in [5, 5.41) is 3.33. The molecule has 1 aromatic rings. The molecule has 0 saturated carbocycles. The fourth-order valence-corrected chi connectivity index (χ4v) is 2.02. The van der Waals surface area contributed by atoms with Crippen molar-refractivity contribution in [3.05, 3.63) is 11.4 Å². The van der Waals surface area contributed by atoms with Gasteiger partial charge in [-0.3, -0.25) is 0 Å². The number of rotatable bonds is 7. The lowest BCUT2D eigenvalue weighted by Gasteiger charge is -2.28. The molecule has 1 unspecified atom stereocenters. The molecule has 20 heavy (non-hydrogen) atoms. The first-order valence-corrected chi connectivity index (χ1v) is 7.26. The zero-order chi connectivity index (χ0) is 15.3. The van der Waals surface area contributed by atoms with Gasteiger partial charge in [-0.2, -0.15) is 0 Å². The van der Waals surface area contributed by atoms with E-state index in [1.54, 1.807) is 7.11 Å². The van der Waals surface area contributed by atoms with Crippen LogP contribution in [-0.2, 0) is 4.74 Å². The predicted octanol–water partition coefficient (Wildman–Crippen LogP) is 2.81. The summed E-state index contributed by atoms with van der Waals surface area (Å²) >= 11 is 0. The normalized spacial score (nSPS) is 12.6. The quantitative estimate of drug-likeness (QED) is 0.832. The first kappa shape index (κ1) is 16.7. The minimum atomic E-state index is 0.267. The minimum Gasteiger partial charge on any atom is -0.383 e. The molecule has 0 aliphatic rings. The second kappa shape index (κ2) is 7.43. The number of anilines is 2. The Morgan fingerprint density at radius 3 is 2.40 bits per heavy atom. The molecule has 1 aromatic heterocycles. The van der Waals surface area contributed by atoms with E-state index >= 15 is 0 Å². The topological polar surface area (TPSA) is 50.3 Å². The van der Waals surface area contributed by atoms with Gasteiger partial charge >= 0.3 is 0 Å². The lowest BCUT2D eigenvalue weighted by atomic mass is 10.2. The summed E-state index contributed by atoms with van der Waals surface area (Å²) in [5.41, 5.74) is 1.08. The zero-order valence-corrected chi connectivity index (χ0v) is 13.8. The molecule has 0 aliphatic carbocycles. The van der Waals surface area contributed by atoms with Crippen LogP contribution in [0.1, 0.15) is 45.0 Å².